The first-order chi connectivity index (χ1) is 14.5. The quantitative estimate of drug-likeness (QED) is 0.733. The molecule has 0 atom stereocenters. The molecule has 1 aromatic heterocycles. The highest BCUT2D eigenvalue weighted by molar-refractivity contribution is 8.18. The number of anilines is 2. The van der Waals surface area contributed by atoms with Gasteiger partial charge in [0.2, 0.25) is 5.91 Å². The van der Waals surface area contributed by atoms with E-state index in [0.29, 0.717) is 30.5 Å². The van der Waals surface area contributed by atoms with Crippen LogP contribution in [0.1, 0.15) is 11.3 Å². The highest BCUT2D eigenvalue weighted by Crippen LogP contribution is 2.33. The van der Waals surface area contributed by atoms with E-state index in [4.69, 9.17) is 9.15 Å². The van der Waals surface area contributed by atoms with Crippen LogP contribution >= 0.6 is 11.8 Å². The number of furan rings is 1. The minimum absolute atomic E-state index is 0.228. The molecular weight excluding hydrogens is 406 g/mol. The molecule has 2 saturated heterocycles. The van der Waals surface area contributed by atoms with E-state index < -0.39 is 17.1 Å². The number of amides is 3. The average molecular weight is 427 g/mol. The highest BCUT2D eigenvalue weighted by atomic mass is 32.2. The molecule has 2 fully saturated rings. The second-order valence-electron chi connectivity index (χ2n) is 6.96. The van der Waals surface area contributed by atoms with Gasteiger partial charge in [0.15, 0.2) is 5.88 Å². The maximum atomic E-state index is 12.6. The molecule has 4 rings (SSSR count). The highest BCUT2D eigenvalue weighted by Gasteiger charge is 2.36. The molecule has 156 valence electrons. The zero-order valence-electron chi connectivity index (χ0n) is 16.4. The SMILES string of the molecule is Cc1ccc(NC(=O)CN2C(=O)SC(=Cc3ccc(N4CCOCC4)o3)C2=O)cc1. The second kappa shape index (κ2) is 8.76. The largest absolute Gasteiger partial charge is 0.441 e. The number of hydrogen-bond acceptors (Lipinski definition) is 7. The summed E-state index contributed by atoms with van der Waals surface area (Å²) >= 11 is 0.797. The third-order valence-electron chi connectivity index (χ3n) is 4.72. The molecule has 3 heterocycles. The Bertz CT molecular complexity index is 992. The van der Waals surface area contributed by atoms with Crippen LogP contribution in [0.5, 0.6) is 0 Å². The van der Waals surface area contributed by atoms with E-state index in [1.54, 1.807) is 18.2 Å². The molecule has 30 heavy (non-hydrogen) atoms. The fraction of sp³-hybridized carbons (Fsp3) is 0.286. The number of benzene rings is 1. The summed E-state index contributed by atoms with van der Waals surface area (Å²) in [6.07, 6.45) is 1.53. The van der Waals surface area contributed by atoms with E-state index in [9.17, 15) is 14.4 Å². The van der Waals surface area contributed by atoms with Crippen molar-refractivity contribution in [3.8, 4) is 0 Å². The number of nitrogens with one attached hydrogen (secondary N) is 1. The average Bonchev–Trinajstić information content (AvgIpc) is 3.31. The summed E-state index contributed by atoms with van der Waals surface area (Å²) in [4.78, 5) is 40.4. The Kier molecular flexibility index (Phi) is 5.91. The Labute approximate surface area is 177 Å². The summed E-state index contributed by atoms with van der Waals surface area (Å²) in [6, 6.07) is 10.9. The first-order valence-electron chi connectivity index (χ1n) is 9.54. The van der Waals surface area contributed by atoms with Crippen LogP contribution in [0, 0.1) is 6.92 Å². The van der Waals surface area contributed by atoms with Crippen LogP contribution in [0.25, 0.3) is 6.08 Å². The van der Waals surface area contributed by atoms with Crippen molar-refractivity contribution in [3.05, 3.63) is 52.6 Å². The van der Waals surface area contributed by atoms with E-state index in [1.807, 2.05) is 25.1 Å². The maximum absolute atomic E-state index is 12.6. The molecule has 0 unspecified atom stereocenters. The molecule has 0 aliphatic carbocycles. The van der Waals surface area contributed by atoms with Crippen LogP contribution in [0.2, 0.25) is 0 Å². The number of thioether (sulfide) groups is 1. The molecule has 0 spiro atoms. The number of carbonyl (C=O) groups excluding carboxylic acids is 3. The lowest BCUT2D eigenvalue weighted by Crippen LogP contribution is -2.36. The molecule has 1 aromatic carbocycles. The molecule has 9 heteroatoms. The predicted octanol–water partition coefficient (Wildman–Crippen LogP) is 3.10. The van der Waals surface area contributed by atoms with Crippen LogP contribution in [0.3, 0.4) is 0 Å². The first-order valence-corrected chi connectivity index (χ1v) is 10.4. The van der Waals surface area contributed by atoms with Gasteiger partial charge in [0, 0.05) is 30.9 Å². The molecule has 8 nitrogen and oxygen atoms in total. The van der Waals surface area contributed by atoms with Gasteiger partial charge in [-0.15, -0.1) is 0 Å². The van der Waals surface area contributed by atoms with Crippen LogP contribution < -0.4 is 10.2 Å². The lowest BCUT2D eigenvalue weighted by Gasteiger charge is -2.26. The number of nitrogens with zero attached hydrogens (tertiary/aromatic N) is 2. The molecule has 0 saturated carbocycles. The Morgan fingerprint density at radius 2 is 1.87 bits per heavy atom. The predicted molar refractivity (Wildman–Crippen MR) is 114 cm³/mol. The van der Waals surface area contributed by atoms with Gasteiger partial charge < -0.3 is 19.4 Å². The monoisotopic (exact) mass is 427 g/mol. The van der Waals surface area contributed by atoms with Gasteiger partial charge in [-0.3, -0.25) is 19.3 Å². The van der Waals surface area contributed by atoms with Crippen LogP contribution in [-0.2, 0) is 14.3 Å². The van der Waals surface area contributed by atoms with Gasteiger partial charge in [-0.25, -0.2) is 0 Å². The van der Waals surface area contributed by atoms with Crippen molar-refractivity contribution in [2.24, 2.45) is 0 Å². The van der Waals surface area contributed by atoms with Crippen LogP contribution in [-0.4, -0.2) is 54.8 Å². The minimum atomic E-state index is -0.506. The minimum Gasteiger partial charge on any atom is -0.441 e. The van der Waals surface area contributed by atoms with E-state index in [2.05, 4.69) is 10.2 Å². The lowest BCUT2D eigenvalue weighted by molar-refractivity contribution is -0.127. The van der Waals surface area contributed by atoms with Gasteiger partial charge in [0.05, 0.1) is 18.1 Å². The summed E-state index contributed by atoms with van der Waals surface area (Å²) in [5.41, 5.74) is 1.68. The van der Waals surface area contributed by atoms with Gasteiger partial charge in [-0.1, -0.05) is 17.7 Å². The third-order valence-corrected chi connectivity index (χ3v) is 5.63. The summed E-state index contributed by atoms with van der Waals surface area (Å²) in [6.45, 7) is 4.35. The van der Waals surface area contributed by atoms with Crippen LogP contribution in [0.15, 0.2) is 45.7 Å². The fourth-order valence-corrected chi connectivity index (χ4v) is 3.94. The molecule has 0 bridgehead atoms. The fourth-order valence-electron chi connectivity index (χ4n) is 3.12. The summed E-state index contributed by atoms with van der Waals surface area (Å²) < 4.78 is 11.1. The number of aryl methyl sites for hydroxylation is 1. The number of rotatable bonds is 5. The maximum Gasteiger partial charge on any atom is 0.294 e. The number of ether oxygens (including phenoxy) is 1. The number of imide groups is 1. The van der Waals surface area contributed by atoms with Gasteiger partial charge in [0.25, 0.3) is 11.1 Å². The van der Waals surface area contributed by atoms with Crippen LogP contribution in [0.4, 0.5) is 16.4 Å². The van der Waals surface area contributed by atoms with Crippen molar-refractivity contribution in [2.45, 2.75) is 6.92 Å². The summed E-state index contributed by atoms with van der Waals surface area (Å²) in [5, 5.41) is 2.21. The van der Waals surface area contributed by atoms with Gasteiger partial charge >= 0.3 is 0 Å². The Hall–Kier alpha value is -3.04. The van der Waals surface area contributed by atoms with Crippen molar-refractivity contribution in [1.29, 1.82) is 0 Å². The van der Waals surface area contributed by atoms with E-state index in [1.165, 1.54) is 6.08 Å². The molecule has 3 amide bonds. The number of hydrogen-bond donors (Lipinski definition) is 1. The lowest BCUT2D eigenvalue weighted by atomic mass is 10.2. The topological polar surface area (TPSA) is 92.1 Å². The first kappa shape index (κ1) is 20.2. The number of morpholine rings is 1. The Balaban J connectivity index is 1.40. The second-order valence-corrected chi connectivity index (χ2v) is 7.95. The molecule has 2 aliphatic heterocycles. The van der Waals surface area contributed by atoms with E-state index in [-0.39, 0.29) is 11.4 Å². The van der Waals surface area contributed by atoms with Crippen molar-refractivity contribution >= 4 is 46.5 Å². The van der Waals surface area contributed by atoms with Gasteiger partial charge in [-0.2, -0.15) is 0 Å². The number of carbonyl (C=O) groups is 3. The third kappa shape index (κ3) is 4.58. The van der Waals surface area contributed by atoms with Gasteiger partial charge in [-0.05, 0) is 36.9 Å². The van der Waals surface area contributed by atoms with Crippen molar-refractivity contribution < 1.29 is 23.5 Å². The zero-order chi connectivity index (χ0) is 21.1. The van der Waals surface area contributed by atoms with E-state index in [0.717, 1.165) is 35.3 Å². The molecule has 0 radical (unpaired) electrons. The smallest absolute Gasteiger partial charge is 0.294 e. The van der Waals surface area contributed by atoms with E-state index >= 15 is 0 Å². The Morgan fingerprint density at radius 3 is 2.60 bits per heavy atom. The standard InChI is InChI=1S/C21H21N3O5S/c1-14-2-4-15(5-3-14)22-18(25)13-24-20(26)17(30-21(24)27)12-16-6-7-19(29-16)23-8-10-28-11-9-23/h2-7,12H,8-11,13H2,1H3,(H,22,25). The zero-order valence-corrected chi connectivity index (χ0v) is 17.2. The molecule has 2 aromatic rings. The summed E-state index contributed by atoms with van der Waals surface area (Å²) in [5.74, 6) is 0.232. The summed E-state index contributed by atoms with van der Waals surface area (Å²) in [7, 11) is 0. The Morgan fingerprint density at radius 1 is 1.13 bits per heavy atom. The van der Waals surface area contributed by atoms with Gasteiger partial charge in [0.1, 0.15) is 12.3 Å². The molecular formula is C21H21N3O5S. The normalized spacial score (nSPS) is 18.4. The van der Waals surface area contributed by atoms with Crippen molar-refractivity contribution in [1.82, 2.24) is 4.90 Å². The molecule has 2 aliphatic rings. The molecule has 1 N–H and O–H groups in total. The van der Waals surface area contributed by atoms with Crippen molar-refractivity contribution in [3.63, 3.8) is 0 Å². The van der Waals surface area contributed by atoms with Crippen molar-refractivity contribution in [2.75, 3.05) is 43.1 Å².